The highest BCUT2D eigenvalue weighted by molar-refractivity contribution is 7.91. The Balaban J connectivity index is 2.58. The SMILES string of the molecule is CCN(C(=O)CN(C)CC(C)C(=O)O)C1CCS(=O)(=O)C1. The molecule has 0 radical (unpaired) electrons. The van der Waals surface area contributed by atoms with Gasteiger partial charge in [-0.1, -0.05) is 6.92 Å². The summed E-state index contributed by atoms with van der Waals surface area (Å²) in [7, 11) is -1.34. The maximum Gasteiger partial charge on any atom is 0.307 e. The fraction of sp³-hybridized carbons (Fsp3) is 0.846. The Morgan fingerprint density at radius 1 is 1.38 bits per heavy atom. The van der Waals surface area contributed by atoms with Crippen LogP contribution < -0.4 is 0 Å². The van der Waals surface area contributed by atoms with Crippen LogP contribution in [-0.4, -0.2) is 79.4 Å². The average molecular weight is 320 g/mol. The van der Waals surface area contributed by atoms with E-state index >= 15 is 0 Å². The van der Waals surface area contributed by atoms with E-state index in [9.17, 15) is 18.0 Å². The summed E-state index contributed by atoms with van der Waals surface area (Å²) in [6.07, 6.45) is 0.483. The maximum absolute atomic E-state index is 12.3. The molecule has 0 aliphatic carbocycles. The number of carbonyl (C=O) groups excluding carboxylic acids is 1. The summed E-state index contributed by atoms with van der Waals surface area (Å²) in [6, 6.07) is -0.252. The third kappa shape index (κ3) is 5.28. The molecule has 7 nitrogen and oxygen atoms in total. The van der Waals surface area contributed by atoms with Crippen molar-refractivity contribution in [2.75, 3.05) is 38.2 Å². The third-order valence-electron chi connectivity index (χ3n) is 3.72. The molecule has 122 valence electrons. The second-order valence-corrected chi connectivity index (χ2v) is 7.90. The fourth-order valence-corrected chi connectivity index (χ4v) is 4.32. The van der Waals surface area contributed by atoms with Crippen molar-refractivity contribution >= 4 is 21.7 Å². The summed E-state index contributed by atoms with van der Waals surface area (Å²) in [6.45, 7) is 4.25. The summed E-state index contributed by atoms with van der Waals surface area (Å²) in [5.41, 5.74) is 0. The van der Waals surface area contributed by atoms with E-state index in [1.807, 2.05) is 6.92 Å². The first-order valence-corrected chi connectivity index (χ1v) is 8.89. The number of carboxylic acids is 1. The number of sulfone groups is 1. The van der Waals surface area contributed by atoms with Crippen LogP contribution in [0.5, 0.6) is 0 Å². The summed E-state index contributed by atoms with van der Waals surface area (Å²) in [4.78, 5) is 26.3. The maximum atomic E-state index is 12.3. The van der Waals surface area contributed by atoms with Gasteiger partial charge in [-0.05, 0) is 20.4 Å². The van der Waals surface area contributed by atoms with Crippen molar-refractivity contribution in [3.63, 3.8) is 0 Å². The Morgan fingerprint density at radius 3 is 2.43 bits per heavy atom. The molecule has 1 fully saturated rings. The van der Waals surface area contributed by atoms with Crippen molar-refractivity contribution in [2.45, 2.75) is 26.3 Å². The minimum absolute atomic E-state index is 0.0296. The van der Waals surface area contributed by atoms with Crippen LogP contribution in [-0.2, 0) is 19.4 Å². The minimum atomic E-state index is -3.03. The molecule has 0 aromatic heterocycles. The molecule has 0 bridgehead atoms. The van der Waals surface area contributed by atoms with Crippen molar-refractivity contribution in [2.24, 2.45) is 5.92 Å². The third-order valence-corrected chi connectivity index (χ3v) is 5.47. The molecule has 1 aliphatic rings. The Labute approximate surface area is 125 Å². The first-order valence-electron chi connectivity index (χ1n) is 7.07. The van der Waals surface area contributed by atoms with Crippen LogP contribution in [0, 0.1) is 5.92 Å². The summed E-state index contributed by atoms with van der Waals surface area (Å²) < 4.78 is 23.0. The number of amides is 1. The van der Waals surface area contributed by atoms with Crippen molar-refractivity contribution in [3.8, 4) is 0 Å². The normalized spacial score (nSPS) is 22.2. The van der Waals surface area contributed by atoms with E-state index in [1.54, 1.807) is 23.8 Å². The van der Waals surface area contributed by atoms with Crippen LogP contribution >= 0.6 is 0 Å². The highest BCUT2D eigenvalue weighted by Gasteiger charge is 2.34. The second-order valence-electron chi connectivity index (χ2n) is 5.67. The summed E-state index contributed by atoms with van der Waals surface area (Å²) in [5, 5.41) is 8.86. The lowest BCUT2D eigenvalue weighted by Crippen LogP contribution is -2.46. The van der Waals surface area contributed by atoms with Crippen LogP contribution in [0.1, 0.15) is 20.3 Å². The lowest BCUT2D eigenvalue weighted by molar-refractivity contribution is -0.142. The van der Waals surface area contributed by atoms with E-state index in [4.69, 9.17) is 5.11 Å². The number of hydrogen-bond donors (Lipinski definition) is 1. The molecule has 1 aliphatic heterocycles. The van der Waals surface area contributed by atoms with E-state index in [0.717, 1.165) is 0 Å². The van der Waals surface area contributed by atoms with Gasteiger partial charge in [-0.2, -0.15) is 0 Å². The molecule has 8 heteroatoms. The second kappa shape index (κ2) is 7.22. The van der Waals surface area contributed by atoms with E-state index < -0.39 is 21.7 Å². The molecule has 2 unspecified atom stereocenters. The zero-order chi connectivity index (χ0) is 16.2. The van der Waals surface area contributed by atoms with Gasteiger partial charge >= 0.3 is 5.97 Å². The average Bonchev–Trinajstić information content (AvgIpc) is 2.69. The topological polar surface area (TPSA) is 95.0 Å². The highest BCUT2D eigenvalue weighted by atomic mass is 32.2. The number of rotatable bonds is 7. The van der Waals surface area contributed by atoms with Gasteiger partial charge in [0.25, 0.3) is 0 Å². The molecule has 0 aromatic rings. The number of carbonyl (C=O) groups is 2. The van der Waals surface area contributed by atoms with Crippen molar-refractivity contribution < 1.29 is 23.1 Å². The molecule has 0 aromatic carbocycles. The molecule has 1 amide bonds. The van der Waals surface area contributed by atoms with Gasteiger partial charge in [0.05, 0.1) is 24.0 Å². The standard InChI is InChI=1S/C13H24N2O5S/c1-4-15(11-5-6-21(19,20)9-11)12(16)8-14(3)7-10(2)13(17)18/h10-11H,4-9H2,1-3H3,(H,17,18). The summed E-state index contributed by atoms with van der Waals surface area (Å²) >= 11 is 0. The molecule has 21 heavy (non-hydrogen) atoms. The van der Waals surface area contributed by atoms with Gasteiger partial charge in [-0.15, -0.1) is 0 Å². The number of nitrogens with zero attached hydrogens (tertiary/aromatic N) is 2. The van der Waals surface area contributed by atoms with Crippen LogP contribution in [0.15, 0.2) is 0 Å². The van der Waals surface area contributed by atoms with Gasteiger partial charge in [0, 0.05) is 19.1 Å². The van der Waals surface area contributed by atoms with Crippen molar-refractivity contribution in [3.05, 3.63) is 0 Å². The quantitative estimate of drug-likeness (QED) is 0.690. The number of aliphatic carboxylic acids is 1. The first kappa shape index (κ1) is 17.9. The number of likely N-dealkylation sites (N-methyl/N-ethyl adjacent to an activating group) is 2. The van der Waals surface area contributed by atoms with Gasteiger partial charge in [-0.3, -0.25) is 14.5 Å². The van der Waals surface area contributed by atoms with Crippen LogP contribution in [0.2, 0.25) is 0 Å². The molecular formula is C13H24N2O5S. The molecular weight excluding hydrogens is 296 g/mol. The Morgan fingerprint density at radius 2 is 2.00 bits per heavy atom. The molecule has 1 saturated heterocycles. The van der Waals surface area contributed by atoms with Gasteiger partial charge in [-0.25, -0.2) is 8.42 Å². The Hall–Kier alpha value is -1.15. The first-order chi connectivity index (χ1) is 9.66. The largest absolute Gasteiger partial charge is 0.481 e. The molecule has 2 atom stereocenters. The van der Waals surface area contributed by atoms with Crippen LogP contribution in [0.25, 0.3) is 0 Å². The van der Waals surface area contributed by atoms with Crippen LogP contribution in [0.4, 0.5) is 0 Å². The highest BCUT2D eigenvalue weighted by Crippen LogP contribution is 2.18. The van der Waals surface area contributed by atoms with E-state index in [-0.39, 0.29) is 36.5 Å². The smallest absolute Gasteiger partial charge is 0.307 e. The Bertz CT molecular complexity index is 491. The Kier molecular flexibility index (Phi) is 6.15. The molecule has 1 N–H and O–H groups in total. The number of carboxylic acid groups (broad SMARTS) is 1. The molecule has 0 saturated carbocycles. The van der Waals surface area contributed by atoms with Crippen molar-refractivity contribution in [1.29, 1.82) is 0 Å². The molecule has 0 spiro atoms. The lowest BCUT2D eigenvalue weighted by atomic mass is 10.1. The molecule has 1 heterocycles. The van der Waals surface area contributed by atoms with Gasteiger partial charge < -0.3 is 10.0 Å². The fourth-order valence-electron chi connectivity index (χ4n) is 2.59. The van der Waals surface area contributed by atoms with E-state index in [1.165, 1.54) is 0 Å². The number of hydrogen-bond acceptors (Lipinski definition) is 5. The summed E-state index contributed by atoms with van der Waals surface area (Å²) in [5.74, 6) is -1.44. The zero-order valence-corrected chi connectivity index (χ0v) is 13.6. The van der Waals surface area contributed by atoms with Gasteiger partial charge in [0.2, 0.25) is 5.91 Å². The van der Waals surface area contributed by atoms with E-state index in [0.29, 0.717) is 13.0 Å². The molecule has 1 rings (SSSR count). The van der Waals surface area contributed by atoms with Gasteiger partial charge in [0.1, 0.15) is 0 Å². The van der Waals surface area contributed by atoms with Crippen LogP contribution in [0.3, 0.4) is 0 Å². The van der Waals surface area contributed by atoms with Gasteiger partial charge in [0.15, 0.2) is 9.84 Å². The zero-order valence-electron chi connectivity index (χ0n) is 12.8. The monoisotopic (exact) mass is 320 g/mol. The predicted molar refractivity (Wildman–Crippen MR) is 78.7 cm³/mol. The lowest BCUT2D eigenvalue weighted by Gasteiger charge is -2.29. The minimum Gasteiger partial charge on any atom is -0.481 e. The van der Waals surface area contributed by atoms with Crippen molar-refractivity contribution in [1.82, 2.24) is 9.80 Å². The van der Waals surface area contributed by atoms with E-state index in [2.05, 4.69) is 0 Å². The predicted octanol–water partition coefficient (Wildman–Crippen LogP) is -0.325.